The standard InChI is InChI=1S/C22H19F3N2O4S/c1-32(29,30)27(13-15-2-4-16(23)5-3-15)18-7-9-19(10-8-18)31-14-22(28)26-21-11-6-17(24)12-20(21)25/h2-12H,13-14H2,1H3,(H,26,28). The first-order chi connectivity index (χ1) is 15.1. The van der Waals surface area contributed by atoms with E-state index in [1.165, 1.54) is 48.5 Å². The van der Waals surface area contributed by atoms with Crippen LogP contribution in [0.3, 0.4) is 0 Å². The first-order valence-electron chi connectivity index (χ1n) is 9.32. The highest BCUT2D eigenvalue weighted by Crippen LogP contribution is 2.24. The molecule has 3 rings (SSSR count). The average molecular weight is 464 g/mol. The normalized spacial score (nSPS) is 11.1. The first kappa shape index (κ1) is 23.1. The van der Waals surface area contributed by atoms with Crippen LogP contribution in [-0.2, 0) is 21.4 Å². The minimum absolute atomic E-state index is 0.00492. The number of hydrogen-bond donors (Lipinski definition) is 1. The summed E-state index contributed by atoms with van der Waals surface area (Å²) in [4.78, 5) is 11.9. The summed E-state index contributed by atoms with van der Waals surface area (Å²) in [7, 11) is -3.63. The molecule has 0 aliphatic carbocycles. The molecular formula is C22H19F3N2O4S. The summed E-state index contributed by atoms with van der Waals surface area (Å²) < 4.78 is 70.6. The molecule has 0 aromatic heterocycles. The minimum Gasteiger partial charge on any atom is -0.484 e. The van der Waals surface area contributed by atoms with Gasteiger partial charge < -0.3 is 10.1 Å². The zero-order valence-corrected chi connectivity index (χ0v) is 17.7. The molecule has 0 aliphatic rings. The number of ether oxygens (including phenoxy) is 1. The molecule has 0 saturated heterocycles. The van der Waals surface area contributed by atoms with E-state index >= 15 is 0 Å². The monoisotopic (exact) mass is 464 g/mol. The lowest BCUT2D eigenvalue weighted by molar-refractivity contribution is -0.118. The molecule has 3 aromatic rings. The van der Waals surface area contributed by atoms with Crippen LogP contribution < -0.4 is 14.4 Å². The highest BCUT2D eigenvalue weighted by molar-refractivity contribution is 7.92. The molecule has 0 spiro atoms. The Bertz CT molecular complexity index is 1200. The van der Waals surface area contributed by atoms with Crippen LogP contribution in [0.25, 0.3) is 0 Å². The number of amides is 1. The van der Waals surface area contributed by atoms with E-state index in [0.29, 0.717) is 17.3 Å². The molecule has 10 heteroatoms. The van der Waals surface area contributed by atoms with Crippen LogP contribution in [0.2, 0.25) is 0 Å². The van der Waals surface area contributed by atoms with Crippen molar-refractivity contribution in [3.63, 3.8) is 0 Å². The van der Waals surface area contributed by atoms with Crippen molar-refractivity contribution in [3.8, 4) is 5.75 Å². The number of carbonyl (C=O) groups is 1. The van der Waals surface area contributed by atoms with Gasteiger partial charge in [-0.15, -0.1) is 0 Å². The van der Waals surface area contributed by atoms with Crippen LogP contribution in [0, 0.1) is 17.5 Å². The van der Waals surface area contributed by atoms with Gasteiger partial charge in [0.1, 0.15) is 23.2 Å². The van der Waals surface area contributed by atoms with E-state index in [4.69, 9.17) is 4.74 Å². The summed E-state index contributed by atoms with van der Waals surface area (Å²) in [6.07, 6.45) is 1.06. The molecule has 0 unspecified atom stereocenters. The molecule has 0 bridgehead atoms. The molecule has 0 atom stereocenters. The number of nitrogens with one attached hydrogen (secondary N) is 1. The molecule has 32 heavy (non-hydrogen) atoms. The zero-order chi connectivity index (χ0) is 23.3. The van der Waals surface area contributed by atoms with Gasteiger partial charge in [0.15, 0.2) is 6.61 Å². The van der Waals surface area contributed by atoms with Gasteiger partial charge in [-0.05, 0) is 54.1 Å². The van der Waals surface area contributed by atoms with Gasteiger partial charge in [0.05, 0.1) is 24.2 Å². The van der Waals surface area contributed by atoms with Gasteiger partial charge in [0.2, 0.25) is 10.0 Å². The number of nitrogens with zero attached hydrogens (tertiary/aromatic N) is 1. The van der Waals surface area contributed by atoms with Gasteiger partial charge in [0.25, 0.3) is 5.91 Å². The Labute approximate surface area is 183 Å². The number of anilines is 2. The summed E-state index contributed by atoms with van der Waals surface area (Å²) in [6, 6.07) is 14.2. The second-order valence-corrected chi connectivity index (χ2v) is 8.76. The summed E-state index contributed by atoms with van der Waals surface area (Å²) in [5.41, 5.74) is 0.767. The summed E-state index contributed by atoms with van der Waals surface area (Å²) >= 11 is 0. The number of hydrogen-bond acceptors (Lipinski definition) is 4. The molecule has 0 fully saturated rings. The van der Waals surface area contributed by atoms with E-state index in [-0.39, 0.29) is 18.0 Å². The van der Waals surface area contributed by atoms with Crippen LogP contribution in [0.15, 0.2) is 66.7 Å². The van der Waals surface area contributed by atoms with Crippen molar-refractivity contribution in [2.45, 2.75) is 6.54 Å². The third kappa shape index (κ3) is 6.24. The van der Waals surface area contributed by atoms with Crippen molar-refractivity contribution >= 4 is 27.3 Å². The Morgan fingerprint density at radius 3 is 2.16 bits per heavy atom. The highest BCUT2D eigenvalue weighted by Gasteiger charge is 2.18. The third-order valence-corrected chi connectivity index (χ3v) is 5.48. The van der Waals surface area contributed by atoms with Crippen molar-refractivity contribution in [1.29, 1.82) is 0 Å². The summed E-state index contributed by atoms with van der Waals surface area (Å²) in [6.45, 7) is -0.438. The van der Waals surface area contributed by atoms with Crippen LogP contribution >= 0.6 is 0 Å². The number of benzene rings is 3. The lowest BCUT2D eigenvalue weighted by Gasteiger charge is -2.22. The minimum atomic E-state index is -3.63. The Morgan fingerprint density at radius 2 is 1.56 bits per heavy atom. The molecular weight excluding hydrogens is 445 g/mol. The molecule has 168 valence electrons. The molecule has 1 amide bonds. The first-order valence-corrected chi connectivity index (χ1v) is 11.2. The average Bonchev–Trinajstić information content (AvgIpc) is 2.73. The number of sulfonamides is 1. The van der Waals surface area contributed by atoms with Gasteiger partial charge in [-0.2, -0.15) is 0 Å². The van der Waals surface area contributed by atoms with Crippen LogP contribution in [0.4, 0.5) is 24.5 Å². The Hall–Kier alpha value is -3.53. The van der Waals surface area contributed by atoms with Crippen molar-refractivity contribution in [1.82, 2.24) is 0 Å². The molecule has 0 saturated carbocycles. The van der Waals surface area contributed by atoms with E-state index in [1.807, 2.05) is 0 Å². The molecule has 3 aromatic carbocycles. The van der Waals surface area contributed by atoms with Crippen molar-refractivity contribution in [2.75, 3.05) is 22.5 Å². The van der Waals surface area contributed by atoms with Gasteiger partial charge >= 0.3 is 0 Å². The summed E-state index contributed by atoms with van der Waals surface area (Å²) in [5, 5.41) is 2.27. The maximum absolute atomic E-state index is 13.6. The fourth-order valence-corrected chi connectivity index (χ4v) is 3.68. The number of rotatable bonds is 8. The zero-order valence-electron chi connectivity index (χ0n) is 16.9. The Morgan fingerprint density at radius 1 is 0.938 bits per heavy atom. The van der Waals surface area contributed by atoms with E-state index in [1.54, 1.807) is 0 Å². The maximum atomic E-state index is 13.6. The van der Waals surface area contributed by atoms with Crippen molar-refractivity contribution in [3.05, 3.63) is 89.7 Å². The van der Waals surface area contributed by atoms with Gasteiger partial charge in [-0.25, -0.2) is 21.6 Å². The van der Waals surface area contributed by atoms with Crippen molar-refractivity contribution in [2.24, 2.45) is 0 Å². The van der Waals surface area contributed by atoms with Crippen molar-refractivity contribution < 1.29 is 31.1 Å². The number of halogens is 3. The van der Waals surface area contributed by atoms with E-state index < -0.39 is 40.0 Å². The lowest BCUT2D eigenvalue weighted by atomic mass is 10.2. The fourth-order valence-electron chi connectivity index (χ4n) is 2.79. The SMILES string of the molecule is CS(=O)(=O)N(Cc1ccc(F)cc1)c1ccc(OCC(=O)Nc2ccc(F)cc2F)cc1. The quantitative estimate of drug-likeness (QED) is 0.545. The van der Waals surface area contributed by atoms with E-state index in [2.05, 4.69) is 5.32 Å². The predicted molar refractivity (Wildman–Crippen MR) is 114 cm³/mol. The smallest absolute Gasteiger partial charge is 0.262 e. The van der Waals surface area contributed by atoms with E-state index in [0.717, 1.165) is 22.7 Å². The second kappa shape index (κ2) is 9.73. The fraction of sp³-hybridized carbons (Fsp3) is 0.136. The summed E-state index contributed by atoms with van der Waals surface area (Å²) in [5.74, 6) is -2.48. The van der Waals surface area contributed by atoms with E-state index in [9.17, 15) is 26.4 Å². The third-order valence-electron chi connectivity index (χ3n) is 4.34. The molecule has 0 heterocycles. The lowest BCUT2D eigenvalue weighted by Crippen LogP contribution is -2.29. The second-order valence-electron chi connectivity index (χ2n) is 6.85. The Balaban J connectivity index is 1.64. The van der Waals surface area contributed by atoms with Gasteiger partial charge in [-0.3, -0.25) is 9.10 Å². The molecule has 0 aliphatic heterocycles. The van der Waals surface area contributed by atoms with Crippen LogP contribution in [0.1, 0.15) is 5.56 Å². The molecule has 1 N–H and O–H groups in total. The topological polar surface area (TPSA) is 75.7 Å². The largest absolute Gasteiger partial charge is 0.484 e. The predicted octanol–water partition coefficient (Wildman–Crippen LogP) is 4.09. The molecule has 6 nitrogen and oxygen atoms in total. The molecule has 0 radical (unpaired) electrons. The van der Waals surface area contributed by atoms with Gasteiger partial charge in [0, 0.05) is 6.07 Å². The Kier molecular flexibility index (Phi) is 7.04. The number of carbonyl (C=O) groups excluding carboxylic acids is 1. The van der Waals surface area contributed by atoms with Crippen LogP contribution in [-0.4, -0.2) is 27.2 Å². The maximum Gasteiger partial charge on any atom is 0.262 e. The van der Waals surface area contributed by atoms with Crippen LogP contribution in [0.5, 0.6) is 5.75 Å². The van der Waals surface area contributed by atoms with Gasteiger partial charge in [-0.1, -0.05) is 12.1 Å². The highest BCUT2D eigenvalue weighted by atomic mass is 32.2.